The minimum absolute atomic E-state index is 0.416. The van der Waals surface area contributed by atoms with Crippen molar-refractivity contribution in [3.05, 3.63) is 0 Å². The third-order valence-electron chi connectivity index (χ3n) is 4.34. The van der Waals surface area contributed by atoms with Crippen molar-refractivity contribution in [3.8, 4) is 0 Å². The van der Waals surface area contributed by atoms with Crippen LogP contribution in [0.1, 0.15) is 33.1 Å². The van der Waals surface area contributed by atoms with Crippen LogP contribution in [-0.4, -0.2) is 43.0 Å². The minimum Gasteiger partial charge on any atom is -0.381 e. The first-order valence-electron chi connectivity index (χ1n) is 6.58. The van der Waals surface area contributed by atoms with Gasteiger partial charge in [-0.15, -0.1) is 0 Å². The van der Waals surface area contributed by atoms with Crippen LogP contribution in [0, 0.1) is 11.3 Å². The predicted octanol–water partition coefficient (Wildman–Crippen LogP) is 2.44. The van der Waals surface area contributed by atoms with Crippen molar-refractivity contribution in [2.24, 2.45) is 11.3 Å². The Morgan fingerprint density at radius 3 is 2.50 bits per heavy atom. The molecule has 2 fully saturated rings. The Morgan fingerprint density at radius 2 is 2.00 bits per heavy atom. The molecule has 0 aromatic heterocycles. The Morgan fingerprint density at radius 1 is 1.31 bits per heavy atom. The molecule has 0 aliphatic carbocycles. The van der Waals surface area contributed by atoms with Crippen molar-refractivity contribution in [1.29, 1.82) is 0 Å². The summed E-state index contributed by atoms with van der Waals surface area (Å²) in [6, 6.07) is 0.759. The summed E-state index contributed by atoms with van der Waals surface area (Å²) in [4.78, 5) is 2.67. The van der Waals surface area contributed by atoms with Gasteiger partial charge in [0.15, 0.2) is 0 Å². The smallest absolute Gasteiger partial charge is 0.0472 e. The van der Waals surface area contributed by atoms with E-state index in [1.54, 1.807) is 0 Å². The fraction of sp³-hybridized carbons (Fsp3) is 1.00. The molecule has 2 unspecified atom stereocenters. The first kappa shape index (κ1) is 12.7. The van der Waals surface area contributed by atoms with Crippen LogP contribution in [0.3, 0.4) is 0 Å². The monoisotopic (exact) mass is 243 g/mol. The Kier molecular flexibility index (Phi) is 4.20. The lowest BCUT2D eigenvalue weighted by Gasteiger charge is -2.40. The summed E-state index contributed by atoms with van der Waals surface area (Å²) in [6.45, 7) is 9.10. The number of thiol groups is 1. The average Bonchev–Trinajstić information content (AvgIpc) is 2.59. The van der Waals surface area contributed by atoms with Gasteiger partial charge >= 0.3 is 0 Å². The molecular formula is C13H25NOS. The number of likely N-dealkylation sites (tertiary alicyclic amines) is 1. The van der Waals surface area contributed by atoms with Gasteiger partial charge in [0.25, 0.3) is 0 Å². The maximum Gasteiger partial charge on any atom is 0.0472 e. The SMILES string of the molecule is CC1CC(C)N(CC2(CS)CCOCC2)C1. The second-order valence-corrected chi connectivity index (χ2v) is 6.21. The molecule has 16 heavy (non-hydrogen) atoms. The largest absolute Gasteiger partial charge is 0.381 e. The van der Waals surface area contributed by atoms with E-state index in [1.165, 1.54) is 32.4 Å². The van der Waals surface area contributed by atoms with Crippen molar-refractivity contribution >= 4 is 12.6 Å². The third kappa shape index (κ3) is 2.74. The first-order valence-corrected chi connectivity index (χ1v) is 7.21. The molecule has 94 valence electrons. The molecular weight excluding hydrogens is 218 g/mol. The molecule has 0 bridgehead atoms. The van der Waals surface area contributed by atoms with Gasteiger partial charge in [-0.25, -0.2) is 0 Å². The maximum absolute atomic E-state index is 5.49. The summed E-state index contributed by atoms with van der Waals surface area (Å²) in [5, 5.41) is 0. The van der Waals surface area contributed by atoms with E-state index in [0.29, 0.717) is 5.41 Å². The summed E-state index contributed by atoms with van der Waals surface area (Å²) < 4.78 is 5.49. The molecule has 2 atom stereocenters. The van der Waals surface area contributed by atoms with E-state index in [2.05, 4.69) is 31.4 Å². The van der Waals surface area contributed by atoms with Gasteiger partial charge in [0.1, 0.15) is 0 Å². The Hall–Kier alpha value is 0.270. The fourth-order valence-electron chi connectivity index (χ4n) is 3.21. The molecule has 0 aromatic carbocycles. The van der Waals surface area contributed by atoms with Gasteiger partial charge in [0, 0.05) is 32.3 Å². The van der Waals surface area contributed by atoms with Gasteiger partial charge in [-0.05, 0) is 43.3 Å². The lowest BCUT2D eigenvalue weighted by molar-refractivity contribution is 0.00631. The van der Waals surface area contributed by atoms with E-state index in [4.69, 9.17) is 4.74 Å². The molecule has 2 aliphatic rings. The zero-order valence-corrected chi connectivity index (χ0v) is 11.5. The van der Waals surface area contributed by atoms with Crippen molar-refractivity contribution in [3.63, 3.8) is 0 Å². The summed E-state index contributed by atoms with van der Waals surface area (Å²) >= 11 is 4.59. The molecule has 0 N–H and O–H groups in total. The van der Waals surface area contributed by atoms with Gasteiger partial charge in [-0.2, -0.15) is 12.6 Å². The predicted molar refractivity (Wildman–Crippen MR) is 71.2 cm³/mol. The highest BCUT2D eigenvalue weighted by Gasteiger charge is 2.36. The molecule has 2 heterocycles. The molecule has 2 saturated heterocycles. The average molecular weight is 243 g/mol. The minimum atomic E-state index is 0.416. The Balaban J connectivity index is 1.95. The second-order valence-electron chi connectivity index (χ2n) is 5.89. The number of rotatable bonds is 3. The van der Waals surface area contributed by atoms with Crippen LogP contribution in [0.2, 0.25) is 0 Å². The van der Waals surface area contributed by atoms with E-state index in [0.717, 1.165) is 30.9 Å². The van der Waals surface area contributed by atoms with E-state index in [9.17, 15) is 0 Å². The van der Waals surface area contributed by atoms with Crippen LogP contribution in [0.15, 0.2) is 0 Å². The standard InChI is InChI=1S/C13H25NOS/c1-11-7-12(2)14(8-11)9-13(10-16)3-5-15-6-4-13/h11-12,16H,3-10H2,1-2H3. The van der Waals surface area contributed by atoms with Gasteiger partial charge < -0.3 is 4.74 Å². The molecule has 2 aliphatic heterocycles. The van der Waals surface area contributed by atoms with Crippen LogP contribution in [0.5, 0.6) is 0 Å². The van der Waals surface area contributed by atoms with E-state index in [1.807, 2.05) is 0 Å². The van der Waals surface area contributed by atoms with Crippen LogP contribution in [0.4, 0.5) is 0 Å². The zero-order chi connectivity index (χ0) is 11.6. The molecule has 0 amide bonds. The zero-order valence-electron chi connectivity index (χ0n) is 10.6. The summed E-state index contributed by atoms with van der Waals surface area (Å²) in [7, 11) is 0. The van der Waals surface area contributed by atoms with E-state index in [-0.39, 0.29) is 0 Å². The topological polar surface area (TPSA) is 12.5 Å². The lowest BCUT2D eigenvalue weighted by atomic mass is 9.81. The van der Waals surface area contributed by atoms with Crippen molar-refractivity contribution in [2.75, 3.05) is 32.1 Å². The first-order chi connectivity index (χ1) is 7.65. The molecule has 3 heteroatoms. The maximum atomic E-state index is 5.49. The van der Waals surface area contributed by atoms with Gasteiger partial charge in [0.2, 0.25) is 0 Å². The Labute approximate surface area is 105 Å². The van der Waals surface area contributed by atoms with E-state index >= 15 is 0 Å². The molecule has 0 aromatic rings. The summed E-state index contributed by atoms with van der Waals surface area (Å²) in [5.41, 5.74) is 0.416. The highest BCUT2D eigenvalue weighted by molar-refractivity contribution is 7.80. The molecule has 2 nitrogen and oxygen atoms in total. The van der Waals surface area contributed by atoms with Crippen LogP contribution in [0.25, 0.3) is 0 Å². The number of hydrogen-bond donors (Lipinski definition) is 1. The van der Waals surface area contributed by atoms with Gasteiger partial charge in [-0.1, -0.05) is 6.92 Å². The van der Waals surface area contributed by atoms with Crippen LogP contribution < -0.4 is 0 Å². The fourth-order valence-corrected chi connectivity index (χ4v) is 3.62. The van der Waals surface area contributed by atoms with Gasteiger partial charge in [0.05, 0.1) is 0 Å². The molecule has 0 radical (unpaired) electrons. The Bertz CT molecular complexity index is 228. The van der Waals surface area contributed by atoms with Crippen molar-refractivity contribution in [2.45, 2.75) is 39.2 Å². The summed E-state index contributed by atoms with van der Waals surface area (Å²) in [5.74, 6) is 1.88. The normalized spacial score (nSPS) is 35.4. The highest BCUT2D eigenvalue weighted by Crippen LogP contribution is 2.35. The van der Waals surface area contributed by atoms with Crippen LogP contribution in [-0.2, 0) is 4.74 Å². The van der Waals surface area contributed by atoms with Crippen molar-refractivity contribution in [1.82, 2.24) is 4.90 Å². The van der Waals surface area contributed by atoms with E-state index < -0.39 is 0 Å². The number of nitrogens with zero attached hydrogens (tertiary/aromatic N) is 1. The second kappa shape index (κ2) is 5.28. The number of ether oxygens (including phenoxy) is 1. The molecule has 0 saturated carbocycles. The highest BCUT2D eigenvalue weighted by atomic mass is 32.1. The van der Waals surface area contributed by atoms with Crippen molar-refractivity contribution < 1.29 is 4.74 Å². The quantitative estimate of drug-likeness (QED) is 0.764. The summed E-state index contributed by atoms with van der Waals surface area (Å²) in [6.07, 6.45) is 3.74. The lowest BCUT2D eigenvalue weighted by Crippen LogP contribution is -2.44. The third-order valence-corrected chi connectivity index (χ3v) is 5.01. The number of hydrogen-bond acceptors (Lipinski definition) is 3. The van der Waals surface area contributed by atoms with Gasteiger partial charge in [-0.3, -0.25) is 4.90 Å². The van der Waals surface area contributed by atoms with Crippen LogP contribution >= 0.6 is 12.6 Å². The molecule has 2 rings (SSSR count). The molecule has 0 spiro atoms.